The second kappa shape index (κ2) is 6.40. The minimum Gasteiger partial charge on any atom is -0.198 e. The fraction of sp³-hybridized carbons (Fsp3) is 0.471. The van der Waals surface area contributed by atoms with E-state index in [9.17, 15) is 0 Å². The third kappa shape index (κ3) is 4.37. The quantitative estimate of drug-likeness (QED) is 0.732. The van der Waals surface area contributed by atoms with Crippen molar-refractivity contribution in [1.82, 2.24) is 0 Å². The van der Waals surface area contributed by atoms with Crippen molar-refractivity contribution < 1.29 is 0 Å². The van der Waals surface area contributed by atoms with Gasteiger partial charge in [0.1, 0.15) is 0 Å². The number of benzene rings is 1. The minimum absolute atomic E-state index is 0.0392. The lowest BCUT2D eigenvalue weighted by atomic mass is 9.86. The van der Waals surface area contributed by atoms with Gasteiger partial charge in [0.2, 0.25) is 0 Å². The van der Waals surface area contributed by atoms with Crippen molar-refractivity contribution in [2.45, 2.75) is 46.0 Å². The van der Waals surface area contributed by atoms with Crippen molar-refractivity contribution in [1.29, 1.82) is 5.26 Å². The Labute approximate surface area is 111 Å². The molecule has 1 unspecified atom stereocenters. The van der Waals surface area contributed by atoms with Gasteiger partial charge in [-0.1, -0.05) is 70.5 Å². The summed E-state index contributed by atoms with van der Waals surface area (Å²) in [5.41, 5.74) is 2.70. The lowest BCUT2D eigenvalue weighted by molar-refractivity contribution is 0.590. The number of rotatable bonds is 4. The second-order valence-electron chi connectivity index (χ2n) is 5.76. The van der Waals surface area contributed by atoms with Crippen LogP contribution in [0.25, 0.3) is 6.08 Å². The molecular formula is C17H23N. The van der Waals surface area contributed by atoms with Gasteiger partial charge < -0.3 is 0 Å². The van der Waals surface area contributed by atoms with Crippen molar-refractivity contribution >= 4 is 6.08 Å². The van der Waals surface area contributed by atoms with Gasteiger partial charge in [-0.3, -0.25) is 0 Å². The minimum atomic E-state index is 0.0392. The zero-order chi connectivity index (χ0) is 13.6. The number of hydrogen-bond donors (Lipinski definition) is 0. The van der Waals surface area contributed by atoms with Crippen molar-refractivity contribution in [2.75, 3.05) is 0 Å². The van der Waals surface area contributed by atoms with Gasteiger partial charge in [0.25, 0.3) is 0 Å². The molecule has 1 aromatic rings. The fourth-order valence-corrected chi connectivity index (χ4v) is 1.84. The van der Waals surface area contributed by atoms with Crippen LogP contribution in [0.15, 0.2) is 30.3 Å². The van der Waals surface area contributed by atoms with Crippen LogP contribution in [-0.4, -0.2) is 0 Å². The van der Waals surface area contributed by atoms with Crippen molar-refractivity contribution in [2.24, 2.45) is 5.92 Å². The molecule has 18 heavy (non-hydrogen) atoms. The van der Waals surface area contributed by atoms with E-state index in [1.807, 2.05) is 6.08 Å². The maximum absolute atomic E-state index is 8.98. The Kier molecular flexibility index (Phi) is 5.16. The summed E-state index contributed by atoms with van der Waals surface area (Å²) < 4.78 is 0. The molecule has 0 amide bonds. The lowest BCUT2D eigenvalue weighted by Crippen LogP contribution is -2.10. The van der Waals surface area contributed by atoms with E-state index in [0.29, 0.717) is 0 Å². The van der Waals surface area contributed by atoms with E-state index < -0.39 is 0 Å². The molecule has 1 rings (SSSR count). The number of nitriles is 1. The maximum Gasteiger partial charge on any atom is 0.0697 e. The summed E-state index contributed by atoms with van der Waals surface area (Å²) in [6.45, 7) is 8.75. The summed E-state index contributed by atoms with van der Waals surface area (Å²) in [7, 11) is 0. The topological polar surface area (TPSA) is 23.8 Å². The molecule has 0 aliphatic carbocycles. The highest BCUT2D eigenvalue weighted by Gasteiger charge is 2.12. The smallest absolute Gasteiger partial charge is 0.0697 e. The number of hydrogen-bond acceptors (Lipinski definition) is 1. The van der Waals surface area contributed by atoms with Crippen LogP contribution >= 0.6 is 0 Å². The summed E-state index contributed by atoms with van der Waals surface area (Å²) in [6, 6.07) is 10.9. The fourth-order valence-electron chi connectivity index (χ4n) is 1.84. The summed E-state index contributed by atoms with van der Waals surface area (Å²) in [4.78, 5) is 0. The molecule has 96 valence electrons. The van der Waals surface area contributed by atoms with Crippen LogP contribution < -0.4 is 0 Å². The largest absolute Gasteiger partial charge is 0.198 e. The van der Waals surface area contributed by atoms with Crippen molar-refractivity contribution in [3.05, 3.63) is 41.5 Å². The Morgan fingerprint density at radius 1 is 1.22 bits per heavy atom. The predicted molar refractivity (Wildman–Crippen MR) is 78.2 cm³/mol. The highest BCUT2D eigenvalue weighted by Crippen LogP contribution is 2.22. The molecule has 0 radical (unpaired) electrons. The van der Waals surface area contributed by atoms with Gasteiger partial charge in [-0.2, -0.15) is 5.26 Å². The summed E-state index contributed by atoms with van der Waals surface area (Å²) in [5.74, 6) is 0.0392. The normalized spacial score (nSPS) is 13.5. The molecular weight excluding hydrogens is 218 g/mol. The van der Waals surface area contributed by atoms with Gasteiger partial charge in [-0.25, -0.2) is 0 Å². The van der Waals surface area contributed by atoms with E-state index >= 15 is 0 Å². The van der Waals surface area contributed by atoms with Gasteiger partial charge >= 0.3 is 0 Å². The summed E-state index contributed by atoms with van der Waals surface area (Å²) in [6.07, 6.45) is 6.05. The Bertz CT molecular complexity index is 426. The monoisotopic (exact) mass is 241 g/mol. The first kappa shape index (κ1) is 14.5. The van der Waals surface area contributed by atoms with E-state index in [0.717, 1.165) is 12.8 Å². The molecule has 1 nitrogen and oxygen atoms in total. The molecule has 0 bridgehead atoms. The van der Waals surface area contributed by atoms with E-state index in [1.54, 1.807) is 0 Å². The van der Waals surface area contributed by atoms with E-state index in [2.05, 4.69) is 64.1 Å². The van der Waals surface area contributed by atoms with Gasteiger partial charge in [-0.15, -0.1) is 0 Å². The molecule has 1 atom stereocenters. The van der Waals surface area contributed by atoms with E-state index in [4.69, 9.17) is 5.26 Å². The first-order chi connectivity index (χ1) is 8.47. The Balaban J connectivity index is 2.75. The molecule has 0 heterocycles. The molecule has 0 N–H and O–H groups in total. The van der Waals surface area contributed by atoms with Crippen LogP contribution in [0, 0.1) is 17.2 Å². The Morgan fingerprint density at radius 3 is 2.28 bits per heavy atom. The molecule has 0 aliphatic heterocycles. The number of allylic oxidation sites excluding steroid dienone is 1. The first-order valence-electron chi connectivity index (χ1n) is 6.65. The van der Waals surface area contributed by atoms with Crippen LogP contribution in [0.1, 0.15) is 51.7 Å². The molecule has 0 saturated heterocycles. The van der Waals surface area contributed by atoms with Gasteiger partial charge in [0.15, 0.2) is 0 Å². The lowest BCUT2D eigenvalue weighted by Gasteiger charge is -2.18. The maximum atomic E-state index is 8.98. The van der Waals surface area contributed by atoms with Crippen LogP contribution in [0.5, 0.6) is 0 Å². The van der Waals surface area contributed by atoms with Gasteiger partial charge in [0, 0.05) is 0 Å². The molecule has 0 spiro atoms. The van der Waals surface area contributed by atoms with Crippen LogP contribution in [0.3, 0.4) is 0 Å². The Morgan fingerprint density at radius 2 is 1.83 bits per heavy atom. The van der Waals surface area contributed by atoms with Gasteiger partial charge in [-0.05, 0) is 23.0 Å². The number of nitrogens with zero attached hydrogens (tertiary/aromatic N) is 1. The zero-order valence-electron chi connectivity index (χ0n) is 11.9. The molecule has 0 aliphatic rings. The van der Waals surface area contributed by atoms with Crippen LogP contribution in [0.4, 0.5) is 0 Å². The average molecular weight is 241 g/mol. The molecule has 0 saturated carbocycles. The molecule has 1 aromatic carbocycles. The van der Waals surface area contributed by atoms with Crippen LogP contribution in [-0.2, 0) is 5.41 Å². The Hall–Kier alpha value is -1.55. The summed E-state index contributed by atoms with van der Waals surface area (Å²) >= 11 is 0. The standard InChI is InChI=1S/C17H23N/c1-5-6-15(13-18)8-7-14-9-11-16(12-10-14)17(2,3)4/h7-12,15H,5-6H2,1-4H3/b8-7+. The van der Waals surface area contributed by atoms with Crippen molar-refractivity contribution in [3.63, 3.8) is 0 Å². The average Bonchev–Trinajstić information content (AvgIpc) is 2.34. The molecule has 1 heteroatoms. The predicted octanol–water partition coefficient (Wildman–Crippen LogP) is 4.94. The highest BCUT2D eigenvalue weighted by molar-refractivity contribution is 5.51. The SMILES string of the molecule is CCCC(C#N)/C=C/c1ccc(C(C)(C)C)cc1. The third-order valence-electron chi connectivity index (χ3n) is 3.06. The van der Waals surface area contributed by atoms with Gasteiger partial charge in [0.05, 0.1) is 12.0 Å². The summed E-state index contributed by atoms with van der Waals surface area (Å²) in [5, 5.41) is 8.98. The highest BCUT2D eigenvalue weighted by atomic mass is 14.3. The zero-order valence-corrected chi connectivity index (χ0v) is 11.9. The van der Waals surface area contributed by atoms with E-state index in [-0.39, 0.29) is 11.3 Å². The third-order valence-corrected chi connectivity index (χ3v) is 3.06. The molecule has 0 fully saturated rings. The van der Waals surface area contributed by atoms with Crippen molar-refractivity contribution in [3.8, 4) is 6.07 Å². The van der Waals surface area contributed by atoms with Crippen LogP contribution in [0.2, 0.25) is 0 Å². The van der Waals surface area contributed by atoms with E-state index in [1.165, 1.54) is 11.1 Å². The molecule has 0 aromatic heterocycles. The second-order valence-corrected chi connectivity index (χ2v) is 5.76. The first-order valence-corrected chi connectivity index (χ1v) is 6.65.